The summed E-state index contributed by atoms with van der Waals surface area (Å²) >= 11 is 6.27. The summed E-state index contributed by atoms with van der Waals surface area (Å²) in [7, 11) is 0. The van der Waals surface area contributed by atoms with Crippen LogP contribution in [0.4, 0.5) is 0 Å². The van der Waals surface area contributed by atoms with E-state index in [9.17, 15) is 0 Å². The molecular weight excluding hydrogens is 254 g/mol. The van der Waals surface area contributed by atoms with Gasteiger partial charge in [-0.3, -0.25) is 0 Å². The summed E-state index contributed by atoms with van der Waals surface area (Å²) in [5.41, 5.74) is 1.28. The average Bonchev–Trinajstić information content (AvgIpc) is 2.92. The standard InChI is InChI=1S/C17H26ClN/c1-2-19-16(12-11-14-7-3-4-8-14)13-15-9-5-6-10-17(15)18/h5-6,9-10,14,16,19H,2-4,7-8,11-13H2,1H3. The number of nitrogens with one attached hydrogen (secondary N) is 1. The summed E-state index contributed by atoms with van der Waals surface area (Å²) < 4.78 is 0. The van der Waals surface area contributed by atoms with Crippen molar-refractivity contribution in [2.45, 2.75) is 57.9 Å². The molecule has 0 radical (unpaired) electrons. The Balaban J connectivity index is 1.86. The normalized spacial score (nSPS) is 17.8. The van der Waals surface area contributed by atoms with Gasteiger partial charge in [0.15, 0.2) is 0 Å². The molecule has 1 aliphatic carbocycles. The Hall–Kier alpha value is -0.530. The molecule has 0 aromatic heterocycles. The summed E-state index contributed by atoms with van der Waals surface area (Å²) in [6.45, 7) is 3.23. The van der Waals surface area contributed by atoms with Crippen molar-refractivity contribution in [2.75, 3.05) is 6.54 Å². The van der Waals surface area contributed by atoms with Gasteiger partial charge in [-0.1, -0.05) is 62.4 Å². The average molecular weight is 280 g/mol. The van der Waals surface area contributed by atoms with Crippen molar-refractivity contribution < 1.29 is 0 Å². The molecule has 1 N–H and O–H groups in total. The molecule has 1 nitrogen and oxygen atoms in total. The maximum atomic E-state index is 6.27. The topological polar surface area (TPSA) is 12.0 Å². The maximum Gasteiger partial charge on any atom is 0.0438 e. The van der Waals surface area contributed by atoms with E-state index >= 15 is 0 Å². The third-order valence-electron chi connectivity index (χ3n) is 4.32. The maximum absolute atomic E-state index is 6.27. The van der Waals surface area contributed by atoms with Crippen LogP contribution in [0.2, 0.25) is 5.02 Å². The van der Waals surface area contributed by atoms with Gasteiger partial charge in [0.2, 0.25) is 0 Å². The zero-order chi connectivity index (χ0) is 13.5. The lowest BCUT2D eigenvalue weighted by molar-refractivity contribution is 0.407. The molecule has 0 spiro atoms. The zero-order valence-corrected chi connectivity index (χ0v) is 12.8. The molecule has 1 unspecified atom stereocenters. The fraction of sp³-hybridized carbons (Fsp3) is 0.647. The number of halogens is 1. The highest BCUT2D eigenvalue weighted by molar-refractivity contribution is 6.31. The molecule has 2 rings (SSSR count). The van der Waals surface area contributed by atoms with E-state index in [4.69, 9.17) is 11.6 Å². The lowest BCUT2D eigenvalue weighted by Gasteiger charge is -2.20. The summed E-state index contributed by atoms with van der Waals surface area (Å²) in [4.78, 5) is 0. The minimum absolute atomic E-state index is 0.575. The van der Waals surface area contributed by atoms with Crippen LogP contribution in [0.3, 0.4) is 0 Å². The Kier molecular flexibility index (Phi) is 6.19. The molecule has 1 fully saturated rings. The fourth-order valence-electron chi connectivity index (χ4n) is 3.23. The molecule has 2 heteroatoms. The predicted molar refractivity (Wildman–Crippen MR) is 83.8 cm³/mol. The van der Waals surface area contributed by atoms with Crippen LogP contribution in [0.15, 0.2) is 24.3 Å². The summed E-state index contributed by atoms with van der Waals surface area (Å²) in [6, 6.07) is 8.82. The number of hydrogen-bond acceptors (Lipinski definition) is 1. The quantitative estimate of drug-likeness (QED) is 0.754. The van der Waals surface area contributed by atoms with Gasteiger partial charge in [0.1, 0.15) is 0 Å². The van der Waals surface area contributed by atoms with Crippen LogP contribution >= 0.6 is 11.6 Å². The molecule has 0 amide bonds. The van der Waals surface area contributed by atoms with Crippen molar-refractivity contribution >= 4 is 11.6 Å². The van der Waals surface area contributed by atoms with Gasteiger partial charge in [0, 0.05) is 11.1 Å². The summed E-state index contributed by atoms with van der Waals surface area (Å²) in [5, 5.41) is 4.53. The molecule has 19 heavy (non-hydrogen) atoms. The van der Waals surface area contributed by atoms with Gasteiger partial charge in [-0.25, -0.2) is 0 Å². The van der Waals surface area contributed by atoms with Gasteiger partial charge in [-0.2, -0.15) is 0 Å². The molecule has 0 bridgehead atoms. The first kappa shape index (κ1) is 14.9. The number of likely N-dealkylation sites (N-methyl/N-ethyl adjacent to an activating group) is 1. The first-order chi connectivity index (χ1) is 9.29. The molecule has 1 saturated carbocycles. The van der Waals surface area contributed by atoms with Gasteiger partial charge in [-0.05, 0) is 43.4 Å². The van der Waals surface area contributed by atoms with Crippen molar-refractivity contribution in [2.24, 2.45) is 5.92 Å². The Bertz CT molecular complexity index is 371. The molecule has 0 heterocycles. The van der Waals surface area contributed by atoms with Crippen molar-refractivity contribution in [1.29, 1.82) is 0 Å². The number of benzene rings is 1. The van der Waals surface area contributed by atoms with E-state index in [1.54, 1.807) is 0 Å². The molecule has 0 saturated heterocycles. The molecule has 1 aromatic carbocycles. The van der Waals surface area contributed by atoms with E-state index in [0.717, 1.165) is 23.9 Å². The van der Waals surface area contributed by atoms with Crippen LogP contribution in [-0.2, 0) is 6.42 Å². The Morgan fingerprint density at radius 2 is 2.00 bits per heavy atom. The van der Waals surface area contributed by atoms with Crippen LogP contribution in [0.1, 0.15) is 51.0 Å². The van der Waals surface area contributed by atoms with Crippen LogP contribution in [0.25, 0.3) is 0 Å². The second-order valence-corrected chi connectivity index (χ2v) is 6.19. The van der Waals surface area contributed by atoms with E-state index in [1.165, 1.54) is 44.1 Å². The monoisotopic (exact) mass is 279 g/mol. The SMILES string of the molecule is CCNC(CCC1CCCC1)Cc1ccccc1Cl. The minimum Gasteiger partial charge on any atom is -0.314 e. The van der Waals surface area contributed by atoms with Crippen LogP contribution in [-0.4, -0.2) is 12.6 Å². The Morgan fingerprint density at radius 3 is 2.68 bits per heavy atom. The van der Waals surface area contributed by atoms with Crippen LogP contribution in [0, 0.1) is 5.92 Å². The van der Waals surface area contributed by atoms with E-state index in [2.05, 4.69) is 24.4 Å². The lowest BCUT2D eigenvalue weighted by atomic mass is 9.95. The number of rotatable bonds is 7. The van der Waals surface area contributed by atoms with Gasteiger partial charge in [0.25, 0.3) is 0 Å². The van der Waals surface area contributed by atoms with E-state index in [1.807, 2.05) is 12.1 Å². The summed E-state index contributed by atoms with van der Waals surface area (Å²) in [6.07, 6.45) is 9.50. The van der Waals surface area contributed by atoms with Gasteiger partial charge in [0.05, 0.1) is 0 Å². The first-order valence-corrected chi connectivity index (χ1v) is 8.14. The second kappa shape index (κ2) is 7.91. The van der Waals surface area contributed by atoms with Gasteiger partial charge >= 0.3 is 0 Å². The molecule has 1 aromatic rings. The third kappa shape index (κ3) is 4.81. The summed E-state index contributed by atoms with van der Waals surface area (Å²) in [5.74, 6) is 0.979. The molecule has 0 aliphatic heterocycles. The smallest absolute Gasteiger partial charge is 0.0438 e. The second-order valence-electron chi connectivity index (χ2n) is 5.78. The van der Waals surface area contributed by atoms with Gasteiger partial charge < -0.3 is 5.32 Å². The fourth-order valence-corrected chi connectivity index (χ4v) is 3.44. The van der Waals surface area contributed by atoms with E-state index in [0.29, 0.717) is 6.04 Å². The molecule has 1 aliphatic rings. The number of hydrogen-bond donors (Lipinski definition) is 1. The Labute approximate surface area is 122 Å². The van der Waals surface area contributed by atoms with Crippen molar-refractivity contribution in [3.63, 3.8) is 0 Å². The highest BCUT2D eigenvalue weighted by atomic mass is 35.5. The molecule has 106 valence electrons. The van der Waals surface area contributed by atoms with Crippen molar-refractivity contribution in [3.8, 4) is 0 Å². The molecular formula is C17H26ClN. The predicted octanol–water partition coefficient (Wildman–Crippen LogP) is 4.83. The largest absolute Gasteiger partial charge is 0.314 e. The lowest BCUT2D eigenvalue weighted by Crippen LogP contribution is -2.31. The van der Waals surface area contributed by atoms with Crippen LogP contribution < -0.4 is 5.32 Å². The third-order valence-corrected chi connectivity index (χ3v) is 4.68. The van der Waals surface area contributed by atoms with Gasteiger partial charge in [-0.15, -0.1) is 0 Å². The van der Waals surface area contributed by atoms with Crippen molar-refractivity contribution in [1.82, 2.24) is 5.32 Å². The van der Waals surface area contributed by atoms with Crippen LogP contribution in [0.5, 0.6) is 0 Å². The molecule has 1 atom stereocenters. The minimum atomic E-state index is 0.575. The Morgan fingerprint density at radius 1 is 1.26 bits per heavy atom. The van der Waals surface area contributed by atoms with E-state index < -0.39 is 0 Å². The van der Waals surface area contributed by atoms with Crippen molar-refractivity contribution in [3.05, 3.63) is 34.9 Å². The first-order valence-electron chi connectivity index (χ1n) is 7.76. The highest BCUT2D eigenvalue weighted by Crippen LogP contribution is 2.29. The highest BCUT2D eigenvalue weighted by Gasteiger charge is 2.17. The zero-order valence-electron chi connectivity index (χ0n) is 12.0. The van der Waals surface area contributed by atoms with E-state index in [-0.39, 0.29) is 0 Å².